The van der Waals surface area contributed by atoms with E-state index in [9.17, 15) is 0 Å². The van der Waals surface area contributed by atoms with Gasteiger partial charge in [-0.2, -0.15) is 0 Å². The van der Waals surface area contributed by atoms with Crippen molar-refractivity contribution in [1.82, 2.24) is 10.3 Å². The summed E-state index contributed by atoms with van der Waals surface area (Å²) in [7, 11) is 0. The second kappa shape index (κ2) is 6.72. The highest BCUT2D eigenvalue weighted by molar-refractivity contribution is 5.35. The largest absolute Gasteiger partial charge is 0.487 e. The molecule has 110 valence electrons. The molecule has 0 saturated heterocycles. The first-order chi connectivity index (χ1) is 10.3. The third-order valence-corrected chi connectivity index (χ3v) is 3.92. The predicted molar refractivity (Wildman–Crippen MR) is 84.4 cm³/mol. The van der Waals surface area contributed by atoms with Gasteiger partial charge < -0.3 is 10.1 Å². The van der Waals surface area contributed by atoms with E-state index in [1.165, 1.54) is 36.0 Å². The fraction of sp³-hybridized carbons (Fsp3) is 0.389. The molecule has 1 aliphatic carbocycles. The first kappa shape index (κ1) is 14.1. The fourth-order valence-electron chi connectivity index (χ4n) is 2.74. The summed E-state index contributed by atoms with van der Waals surface area (Å²) in [5.41, 5.74) is 5.29. The minimum atomic E-state index is 0.613. The summed E-state index contributed by atoms with van der Waals surface area (Å²) in [5.74, 6) is 0.829. The molecule has 0 unspecified atom stereocenters. The third-order valence-electron chi connectivity index (χ3n) is 3.92. The van der Waals surface area contributed by atoms with E-state index >= 15 is 0 Å². The number of benzene rings is 1. The van der Waals surface area contributed by atoms with Gasteiger partial charge in [-0.1, -0.05) is 25.1 Å². The molecule has 1 N–H and O–H groups in total. The second-order valence-corrected chi connectivity index (χ2v) is 5.51. The number of nitrogens with zero attached hydrogens (tertiary/aromatic N) is 1. The van der Waals surface area contributed by atoms with Crippen LogP contribution in [0.5, 0.6) is 5.75 Å². The van der Waals surface area contributed by atoms with Crippen LogP contribution in [0.4, 0.5) is 0 Å². The van der Waals surface area contributed by atoms with Crippen LogP contribution in [0.15, 0.2) is 36.5 Å². The van der Waals surface area contributed by atoms with Crippen LogP contribution in [0.25, 0.3) is 0 Å². The first-order valence-electron chi connectivity index (χ1n) is 7.74. The summed E-state index contributed by atoms with van der Waals surface area (Å²) >= 11 is 0. The highest BCUT2D eigenvalue weighted by atomic mass is 16.5. The molecular weight excluding hydrogens is 260 g/mol. The van der Waals surface area contributed by atoms with Crippen LogP contribution in [0.3, 0.4) is 0 Å². The fourth-order valence-corrected chi connectivity index (χ4v) is 2.74. The van der Waals surface area contributed by atoms with Crippen molar-refractivity contribution in [2.75, 3.05) is 6.54 Å². The van der Waals surface area contributed by atoms with Crippen molar-refractivity contribution in [2.24, 2.45) is 0 Å². The van der Waals surface area contributed by atoms with Gasteiger partial charge in [-0.05, 0) is 54.6 Å². The van der Waals surface area contributed by atoms with E-state index in [0.29, 0.717) is 6.61 Å². The summed E-state index contributed by atoms with van der Waals surface area (Å²) in [5, 5.41) is 3.26. The van der Waals surface area contributed by atoms with Gasteiger partial charge in [-0.3, -0.25) is 4.98 Å². The Labute approximate surface area is 126 Å². The van der Waals surface area contributed by atoms with Crippen LogP contribution in [0, 0.1) is 0 Å². The number of pyridine rings is 1. The van der Waals surface area contributed by atoms with E-state index in [0.717, 1.165) is 24.5 Å². The van der Waals surface area contributed by atoms with Crippen LogP contribution in [-0.2, 0) is 26.0 Å². The van der Waals surface area contributed by atoms with Gasteiger partial charge in [0.05, 0.1) is 11.9 Å². The van der Waals surface area contributed by atoms with Crippen molar-refractivity contribution in [3.63, 3.8) is 0 Å². The van der Waals surface area contributed by atoms with E-state index in [1.807, 2.05) is 12.1 Å². The summed E-state index contributed by atoms with van der Waals surface area (Å²) in [4.78, 5) is 4.40. The molecular formula is C18H22N2O. The van der Waals surface area contributed by atoms with E-state index in [1.54, 1.807) is 6.20 Å². The zero-order valence-electron chi connectivity index (χ0n) is 12.6. The van der Waals surface area contributed by atoms with Gasteiger partial charge in [0.1, 0.15) is 12.4 Å². The highest BCUT2D eigenvalue weighted by Crippen LogP contribution is 2.23. The van der Waals surface area contributed by atoms with Crippen LogP contribution in [0.2, 0.25) is 0 Å². The van der Waals surface area contributed by atoms with Crippen LogP contribution >= 0.6 is 0 Å². The minimum absolute atomic E-state index is 0.613. The first-order valence-corrected chi connectivity index (χ1v) is 7.74. The number of nitrogens with one attached hydrogen (secondary N) is 1. The summed E-state index contributed by atoms with van der Waals surface area (Å²) in [6, 6.07) is 10.7. The lowest BCUT2D eigenvalue weighted by Crippen LogP contribution is -2.12. The number of rotatable bonds is 6. The Bertz CT molecular complexity index is 593. The lowest BCUT2D eigenvalue weighted by atomic mass is 10.1. The second-order valence-electron chi connectivity index (χ2n) is 5.51. The number of ether oxygens (including phenoxy) is 1. The highest BCUT2D eigenvalue weighted by Gasteiger charge is 2.10. The van der Waals surface area contributed by atoms with E-state index in [2.05, 4.69) is 35.4 Å². The van der Waals surface area contributed by atoms with E-state index < -0.39 is 0 Å². The third kappa shape index (κ3) is 3.61. The molecule has 1 aromatic heterocycles. The standard InChI is InChI=1S/C18H22N2O/c1-2-19-11-17-8-9-18(12-20-17)21-13-14-6-7-15-4-3-5-16(15)10-14/h6-10,12,19H,2-5,11,13H2,1H3. The Kier molecular flexibility index (Phi) is 4.51. The Morgan fingerprint density at radius 2 is 2.05 bits per heavy atom. The molecule has 1 heterocycles. The molecule has 2 aromatic rings. The zero-order chi connectivity index (χ0) is 14.5. The number of aromatic nitrogens is 1. The van der Waals surface area contributed by atoms with Crippen LogP contribution in [-0.4, -0.2) is 11.5 Å². The molecule has 0 spiro atoms. The maximum atomic E-state index is 5.83. The number of fused-ring (bicyclic) bond motifs is 1. The number of hydrogen-bond donors (Lipinski definition) is 1. The van der Waals surface area contributed by atoms with Crippen LogP contribution in [0.1, 0.15) is 35.7 Å². The molecule has 0 fully saturated rings. The molecule has 0 bridgehead atoms. The molecule has 0 atom stereocenters. The van der Waals surface area contributed by atoms with E-state index in [-0.39, 0.29) is 0 Å². The normalized spacial score (nSPS) is 13.2. The zero-order valence-corrected chi connectivity index (χ0v) is 12.6. The van der Waals surface area contributed by atoms with Crippen molar-refractivity contribution < 1.29 is 4.74 Å². The predicted octanol–water partition coefficient (Wildman–Crippen LogP) is 3.26. The van der Waals surface area contributed by atoms with Gasteiger partial charge >= 0.3 is 0 Å². The van der Waals surface area contributed by atoms with Crippen molar-refractivity contribution >= 4 is 0 Å². The molecule has 0 radical (unpaired) electrons. The quantitative estimate of drug-likeness (QED) is 0.883. The molecule has 1 aliphatic rings. The maximum Gasteiger partial charge on any atom is 0.138 e. The molecule has 0 aliphatic heterocycles. The van der Waals surface area contributed by atoms with E-state index in [4.69, 9.17) is 4.74 Å². The molecule has 3 rings (SSSR count). The van der Waals surface area contributed by atoms with Crippen molar-refractivity contribution in [3.8, 4) is 5.75 Å². The van der Waals surface area contributed by atoms with Gasteiger partial charge in [0, 0.05) is 6.54 Å². The Balaban J connectivity index is 1.57. The maximum absolute atomic E-state index is 5.83. The molecule has 1 aromatic carbocycles. The summed E-state index contributed by atoms with van der Waals surface area (Å²) < 4.78 is 5.83. The summed E-state index contributed by atoms with van der Waals surface area (Å²) in [6.07, 6.45) is 5.54. The monoisotopic (exact) mass is 282 g/mol. The molecule has 21 heavy (non-hydrogen) atoms. The molecule has 0 amide bonds. The lowest BCUT2D eigenvalue weighted by molar-refractivity contribution is 0.304. The van der Waals surface area contributed by atoms with Gasteiger partial charge in [-0.15, -0.1) is 0 Å². The van der Waals surface area contributed by atoms with Gasteiger partial charge in [0.2, 0.25) is 0 Å². The lowest BCUT2D eigenvalue weighted by Gasteiger charge is -2.08. The molecule has 3 nitrogen and oxygen atoms in total. The number of hydrogen-bond acceptors (Lipinski definition) is 3. The van der Waals surface area contributed by atoms with Gasteiger partial charge in [0.25, 0.3) is 0 Å². The Hall–Kier alpha value is -1.87. The average Bonchev–Trinajstić information content (AvgIpc) is 2.99. The van der Waals surface area contributed by atoms with Crippen molar-refractivity contribution in [1.29, 1.82) is 0 Å². The van der Waals surface area contributed by atoms with Crippen molar-refractivity contribution in [3.05, 3.63) is 58.9 Å². The average molecular weight is 282 g/mol. The van der Waals surface area contributed by atoms with Gasteiger partial charge in [0.15, 0.2) is 0 Å². The minimum Gasteiger partial charge on any atom is -0.487 e. The Morgan fingerprint density at radius 3 is 2.86 bits per heavy atom. The van der Waals surface area contributed by atoms with Crippen molar-refractivity contribution in [2.45, 2.75) is 39.3 Å². The van der Waals surface area contributed by atoms with Crippen LogP contribution < -0.4 is 10.1 Å². The molecule has 3 heteroatoms. The number of aryl methyl sites for hydroxylation is 2. The SMILES string of the molecule is CCNCc1ccc(OCc2ccc3c(c2)CCC3)cn1. The summed E-state index contributed by atoms with van der Waals surface area (Å²) in [6.45, 7) is 4.47. The topological polar surface area (TPSA) is 34.1 Å². The molecule has 0 saturated carbocycles. The van der Waals surface area contributed by atoms with Gasteiger partial charge in [-0.25, -0.2) is 0 Å². The smallest absolute Gasteiger partial charge is 0.138 e. The Morgan fingerprint density at radius 1 is 1.14 bits per heavy atom.